The van der Waals surface area contributed by atoms with Crippen LogP contribution >= 0.6 is 0 Å². The maximum atomic E-state index is 14.0. The van der Waals surface area contributed by atoms with Crippen LogP contribution in [0.5, 0.6) is 0 Å². The van der Waals surface area contributed by atoms with Gasteiger partial charge in [0.2, 0.25) is 5.25 Å². The molecule has 2 aromatic rings. The first kappa shape index (κ1) is 46.0. The van der Waals surface area contributed by atoms with E-state index in [4.69, 9.17) is 4.74 Å². The molecule has 0 radical (unpaired) electrons. The summed E-state index contributed by atoms with van der Waals surface area (Å²) in [5.41, 5.74) is 6.01. The fraction of sp³-hybridized carbons (Fsp3) is 0.649. The number of nitrogens with zero attached hydrogens (tertiary/aromatic N) is 1. The van der Waals surface area contributed by atoms with Crippen molar-refractivity contribution in [3.8, 4) is 0 Å². The molecule has 2 aromatic carbocycles. The Bertz CT molecular complexity index is 1860. The third-order valence-electron chi connectivity index (χ3n) is 9.94. The summed E-state index contributed by atoms with van der Waals surface area (Å²) < 4.78 is 142. The number of halogens is 6. The zero-order valence-corrected chi connectivity index (χ0v) is 34.5. The summed E-state index contributed by atoms with van der Waals surface area (Å²) in [6, 6.07) is 10.9. The Balaban J connectivity index is 0.000000291. The molecule has 2 aliphatic rings. The number of piperidine rings is 1. The van der Waals surface area contributed by atoms with Crippen molar-refractivity contribution in [3.63, 3.8) is 0 Å². The van der Waals surface area contributed by atoms with Gasteiger partial charge in [0, 0.05) is 40.8 Å². The molecule has 1 heterocycles. The van der Waals surface area contributed by atoms with Crippen molar-refractivity contribution in [3.05, 3.63) is 58.1 Å². The summed E-state index contributed by atoms with van der Waals surface area (Å²) in [5, 5.41) is -13.5. The average molecular weight is 832 g/mol. The second kappa shape index (κ2) is 16.6. The zero-order valence-electron chi connectivity index (χ0n) is 32.1. The van der Waals surface area contributed by atoms with Gasteiger partial charge in [-0.25, -0.2) is 21.6 Å². The molecule has 1 aliphatic carbocycles. The maximum absolute atomic E-state index is 14.0. The molecule has 4 rings (SSSR count). The SMILES string of the molecule is CCOC(=O)C([S+](c1c(C)cccc1C)c1c(C)cc(C)cc1C)C(C)(C)C.O=S(=O)([O-])C(F)(F)C(F)(F)C(F)(F)S(=O)(=O)N1CCC2CCCCC2C1. The lowest BCUT2D eigenvalue weighted by molar-refractivity contribution is -0.247. The van der Waals surface area contributed by atoms with Crippen LogP contribution in [0.3, 0.4) is 0 Å². The lowest BCUT2D eigenvalue weighted by Gasteiger charge is -2.42. The molecule has 1 aliphatic heterocycles. The third kappa shape index (κ3) is 8.94. The van der Waals surface area contributed by atoms with E-state index in [9.17, 15) is 52.5 Å². The highest BCUT2D eigenvalue weighted by molar-refractivity contribution is 7.98. The van der Waals surface area contributed by atoms with Gasteiger partial charge < -0.3 is 9.29 Å². The highest BCUT2D eigenvalue weighted by Crippen LogP contribution is 2.52. The molecular weight excluding hydrogens is 781 g/mol. The van der Waals surface area contributed by atoms with E-state index < -0.39 is 60.6 Å². The molecule has 1 saturated heterocycles. The minimum atomic E-state index is -7.25. The molecule has 1 saturated carbocycles. The highest BCUT2D eigenvalue weighted by atomic mass is 32.2. The predicted molar refractivity (Wildman–Crippen MR) is 195 cm³/mol. The van der Waals surface area contributed by atoms with Gasteiger partial charge in [-0.1, -0.05) is 75.9 Å². The Morgan fingerprint density at radius 3 is 1.78 bits per heavy atom. The van der Waals surface area contributed by atoms with Gasteiger partial charge in [-0.15, -0.1) is 0 Å². The molecule has 0 N–H and O–H groups in total. The van der Waals surface area contributed by atoms with Crippen molar-refractivity contribution in [2.24, 2.45) is 17.3 Å². The fourth-order valence-electron chi connectivity index (χ4n) is 7.46. The van der Waals surface area contributed by atoms with Crippen LogP contribution in [-0.4, -0.2) is 73.0 Å². The molecule has 4 unspecified atom stereocenters. The van der Waals surface area contributed by atoms with Gasteiger partial charge in [0.25, 0.3) is 10.0 Å². The number of aryl methyl sites for hydroxylation is 5. The molecule has 0 bridgehead atoms. The van der Waals surface area contributed by atoms with Crippen molar-refractivity contribution < 1.29 is 57.3 Å². The van der Waals surface area contributed by atoms with Crippen LogP contribution in [0.1, 0.15) is 87.6 Å². The molecule has 17 heteroatoms. The zero-order chi connectivity index (χ0) is 41.4. The fourth-order valence-corrected chi connectivity index (χ4v) is 12.8. The van der Waals surface area contributed by atoms with Crippen LogP contribution in [0.2, 0.25) is 0 Å². The number of hydrogen-bond acceptors (Lipinski definition) is 7. The third-order valence-corrected chi connectivity index (χ3v) is 16.3. The number of hydrogen-bond donors (Lipinski definition) is 0. The monoisotopic (exact) mass is 831 g/mol. The first-order valence-corrected chi connectivity index (χ1v) is 21.8. The number of carbonyl (C=O) groups excluding carboxylic acids is 1. The van der Waals surface area contributed by atoms with Gasteiger partial charge in [-0.3, -0.25) is 0 Å². The van der Waals surface area contributed by atoms with Crippen LogP contribution in [0.25, 0.3) is 0 Å². The minimum absolute atomic E-state index is 0.0130. The standard InChI is InChI=1S/C25H35O2S.C12H17F6NO5S2/c1-10-27-24(26)23(25(7,8)9)28(21-17(3)12-11-13-18(21)4)22-19(5)14-16(2)15-20(22)6;13-10(14,12(17,18)26(22,23)24)11(15,16)25(20,21)19-6-5-8-3-1-2-4-9(8)7-19/h11-15,23H,10H2,1-9H3;8-9H,1-7H2,(H,22,23,24)/q+1;/p-1. The molecule has 0 aromatic heterocycles. The second-order valence-corrected chi connectivity index (χ2v) is 20.7. The van der Waals surface area contributed by atoms with Crippen molar-refractivity contribution in [1.82, 2.24) is 4.31 Å². The quantitative estimate of drug-likeness (QED) is 0.102. The summed E-state index contributed by atoms with van der Waals surface area (Å²) in [4.78, 5) is 15.8. The molecule has 2 fully saturated rings. The van der Waals surface area contributed by atoms with Gasteiger partial charge in [0.1, 0.15) is 0 Å². The molecule has 306 valence electrons. The van der Waals surface area contributed by atoms with Gasteiger partial charge in [0.05, 0.1) is 17.5 Å². The van der Waals surface area contributed by atoms with Gasteiger partial charge in [0.15, 0.2) is 19.9 Å². The van der Waals surface area contributed by atoms with Crippen molar-refractivity contribution in [2.45, 2.75) is 126 Å². The Kier molecular flexibility index (Phi) is 14.2. The smallest absolute Gasteiger partial charge is 0.428 e. The Morgan fingerprint density at radius 2 is 1.31 bits per heavy atom. The normalized spacial score (nSPS) is 20.3. The number of alkyl halides is 6. The van der Waals surface area contributed by atoms with Crippen LogP contribution in [0.4, 0.5) is 26.3 Å². The van der Waals surface area contributed by atoms with Gasteiger partial charge >= 0.3 is 22.4 Å². The number of fused-ring (bicyclic) bond motifs is 1. The van der Waals surface area contributed by atoms with Crippen LogP contribution in [0, 0.1) is 51.9 Å². The first-order valence-electron chi connectivity index (χ1n) is 17.7. The first-order chi connectivity index (χ1) is 24.6. The number of carbonyl (C=O) groups is 1. The molecule has 4 atom stereocenters. The predicted octanol–water partition coefficient (Wildman–Crippen LogP) is 8.44. The number of ether oxygens (including phenoxy) is 1. The van der Waals surface area contributed by atoms with E-state index in [0.29, 0.717) is 19.4 Å². The van der Waals surface area contributed by atoms with E-state index in [-0.39, 0.29) is 39.2 Å². The lowest BCUT2D eigenvalue weighted by Crippen LogP contribution is -2.64. The van der Waals surface area contributed by atoms with E-state index in [2.05, 4.69) is 85.7 Å². The summed E-state index contributed by atoms with van der Waals surface area (Å²) in [5.74, 6) is -7.39. The minimum Gasteiger partial charge on any atom is -0.743 e. The summed E-state index contributed by atoms with van der Waals surface area (Å²) in [6.07, 6.45) is 2.84. The number of rotatable bonds is 10. The number of esters is 1. The summed E-state index contributed by atoms with van der Waals surface area (Å²) in [6.45, 7) is 18.4. The number of benzene rings is 2. The van der Waals surface area contributed by atoms with E-state index >= 15 is 0 Å². The molecule has 0 spiro atoms. The van der Waals surface area contributed by atoms with Crippen LogP contribution in [0.15, 0.2) is 40.1 Å². The largest absolute Gasteiger partial charge is 0.743 e. The molecular formula is C37H51F6NO7S3. The average Bonchev–Trinajstić information content (AvgIpc) is 3.03. The van der Waals surface area contributed by atoms with Gasteiger partial charge in [-0.05, 0) is 66.2 Å². The number of sulfonamides is 1. The Hall–Kier alpha value is -2.34. The maximum Gasteiger partial charge on any atom is 0.428 e. The van der Waals surface area contributed by atoms with E-state index in [0.717, 1.165) is 12.8 Å². The highest BCUT2D eigenvalue weighted by Gasteiger charge is 2.80. The Morgan fingerprint density at radius 1 is 0.833 bits per heavy atom. The van der Waals surface area contributed by atoms with Gasteiger partial charge in [-0.2, -0.15) is 30.6 Å². The molecule has 54 heavy (non-hydrogen) atoms. The topological polar surface area (TPSA) is 121 Å². The van der Waals surface area contributed by atoms with Crippen molar-refractivity contribution >= 4 is 37.0 Å². The molecule has 0 amide bonds. The second-order valence-electron chi connectivity index (χ2n) is 15.3. The van der Waals surface area contributed by atoms with Crippen molar-refractivity contribution in [1.29, 1.82) is 0 Å². The lowest BCUT2D eigenvalue weighted by atomic mass is 9.76. The Labute approximate surface area is 318 Å². The van der Waals surface area contributed by atoms with Crippen LogP contribution in [-0.2, 0) is 40.6 Å². The molecule has 8 nitrogen and oxygen atoms in total. The van der Waals surface area contributed by atoms with E-state index in [1.807, 2.05) is 6.92 Å². The van der Waals surface area contributed by atoms with E-state index in [1.54, 1.807) is 0 Å². The summed E-state index contributed by atoms with van der Waals surface area (Å²) in [7, 11) is -14.0. The van der Waals surface area contributed by atoms with Crippen molar-refractivity contribution in [2.75, 3.05) is 19.7 Å². The van der Waals surface area contributed by atoms with E-state index in [1.165, 1.54) is 37.6 Å². The van der Waals surface area contributed by atoms with Crippen LogP contribution < -0.4 is 0 Å². The summed E-state index contributed by atoms with van der Waals surface area (Å²) >= 11 is 0.